The number of benzene rings is 1. The van der Waals surface area contributed by atoms with Crippen LogP contribution in [0.25, 0.3) is 10.6 Å². The molecule has 0 saturated carbocycles. The minimum absolute atomic E-state index is 0.0557. The largest absolute Gasteiger partial charge is 0.493 e. The molecule has 0 unspecified atom stereocenters. The van der Waals surface area contributed by atoms with Crippen molar-refractivity contribution in [3.8, 4) is 10.6 Å². The van der Waals surface area contributed by atoms with Gasteiger partial charge < -0.3 is 4.84 Å². The Morgan fingerprint density at radius 1 is 1.27 bits per heavy atom. The standard InChI is InChI=1S/C13H9F3N2O3S/c1-7-4-8(6-9(5-7)11-17-2-3-22-11)10(19)18-21-12(20)13(14,15)16/h2-6H,1H3,(H,18,19). The average molecular weight is 330 g/mol. The second-order valence-corrected chi connectivity index (χ2v) is 5.14. The van der Waals surface area contributed by atoms with Crippen LogP contribution in [0.5, 0.6) is 0 Å². The molecule has 0 bridgehead atoms. The van der Waals surface area contributed by atoms with Crippen molar-refractivity contribution in [1.29, 1.82) is 0 Å². The van der Waals surface area contributed by atoms with E-state index in [0.29, 0.717) is 16.1 Å². The predicted molar refractivity (Wildman–Crippen MR) is 71.9 cm³/mol. The molecule has 1 N–H and O–H groups in total. The number of carbonyl (C=O) groups is 2. The van der Waals surface area contributed by atoms with Crippen LogP contribution in [0.2, 0.25) is 0 Å². The van der Waals surface area contributed by atoms with E-state index in [2.05, 4.69) is 9.82 Å². The summed E-state index contributed by atoms with van der Waals surface area (Å²) in [7, 11) is 0. The first-order valence-corrected chi connectivity index (χ1v) is 6.75. The molecular formula is C13H9F3N2O3S. The molecule has 5 nitrogen and oxygen atoms in total. The predicted octanol–water partition coefficient (Wildman–Crippen LogP) is 2.87. The first kappa shape index (κ1) is 16.0. The van der Waals surface area contributed by atoms with Gasteiger partial charge >= 0.3 is 12.1 Å². The van der Waals surface area contributed by atoms with Crippen molar-refractivity contribution < 1.29 is 27.6 Å². The molecule has 0 spiro atoms. The Morgan fingerprint density at radius 3 is 2.59 bits per heavy atom. The van der Waals surface area contributed by atoms with E-state index >= 15 is 0 Å². The maximum Gasteiger partial charge on any atom is 0.493 e. The SMILES string of the molecule is Cc1cc(C(=O)NOC(=O)C(F)(F)F)cc(-c2nccs2)c1. The van der Waals surface area contributed by atoms with Crippen LogP contribution in [0, 0.1) is 6.92 Å². The molecule has 0 radical (unpaired) electrons. The lowest BCUT2D eigenvalue weighted by Gasteiger charge is -2.09. The Labute approximate surface area is 126 Å². The molecule has 0 atom stereocenters. The van der Waals surface area contributed by atoms with Gasteiger partial charge in [0.15, 0.2) is 0 Å². The number of nitrogens with zero attached hydrogens (tertiary/aromatic N) is 1. The van der Waals surface area contributed by atoms with Crippen molar-refractivity contribution in [3.63, 3.8) is 0 Å². The van der Waals surface area contributed by atoms with E-state index in [4.69, 9.17) is 0 Å². The van der Waals surface area contributed by atoms with E-state index in [-0.39, 0.29) is 5.56 Å². The third-order valence-electron chi connectivity index (χ3n) is 2.49. The first-order valence-electron chi connectivity index (χ1n) is 5.87. The fourth-order valence-electron chi connectivity index (χ4n) is 1.61. The average Bonchev–Trinajstić information content (AvgIpc) is 2.96. The van der Waals surface area contributed by atoms with Gasteiger partial charge in [-0.2, -0.15) is 18.7 Å². The molecule has 22 heavy (non-hydrogen) atoms. The van der Waals surface area contributed by atoms with Gasteiger partial charge in [0.2, 0.25) is 0 Å². The number of aromatic nitrogens is 1. The van der Waals surface area contributed by atoms with E-state index in [1.807, 2.05) is 0 Å². The molecule has 1 aromatic heterocycles. The highest BCUT2D eigenvalue weighted by atomic mass is 32.1. The maximum atomic E-state index is 12.0. The lowest BCUT2D eigenvalue weighted by atomic mass is 10.1. The van der Waals surface area contributed by atoms with Crippen LogP contribution in [-0.4, -0.2) is 23.0 Å². The number of hydroxylamine groups is 1. The van der Waals surface area contributed by atoms with Crippen LogP contribution in [0.3, 0.4) is 0 Å². The third kappa shape index (κ3) is 3.82. The zero-order valence-electron chi connectivity index (χ0n) is 11.1. The van der Waals surface area contributed by atoms with Gasteiger partial charge in [-0.15, -0.1) is 11.3 Å². The summed E-state index contributed by atoms with van der Waals surface area (Å²) in [6.45, 7) is 1.72. The molecule has 0 fully saturated rings. The molecule has 0 aliphatic carbocycles. The van der Waals surface area contributed by atoms with Crippen molar-refractivity contribution >= 4 is 23.2 Å². The Balaban J connectivity index is 2.15. The lowest BCUT2D eigenvalue weighted by molar-refractivity contribution is -0.204. The van der Waals surface area contributed by atoms with Gasteiger partial charge in [-0.1, -0.05) is 0 Å². The smallest absolute Gasteiger partial charge is 0.332 e. The van der Waals surface area contributed by atoms with Crippen LogP contribution >= 0.6 is 11.3 Å². The van der Waals surface area contributed by atoms with Gasteiger partial charge in [0.05, 0.1) is 0 Å². The van der Waals surface area contributed by atoms with E-state index in [9.17, 15) is 22.8 Å². The monoisotopic (exact) mass is 330 g/mol. The highest BCUT2D eigenvalue weighted by Gasteiger charge is 2.42. The topological polar surface area (TPSA) is 68.3 Å². The number of aryl methyl sites for hydroxylation is 1. The quantitative estimate of drug-likeness (QED) is 0.860. The summed E-state index contributed by atoms with van der Waals surface area (Å²) in [5, 5.41) is 2.41. The number of alkyl halides is 3. The van der Waals surface area contributed by atoms with Crippen LogP contribution in [0.15, 0.2) is 29.8 Å². The van der Waals surface area contributed by atoms with Crippen LogP contribution in [0.4, 0.5) is 13.2 Å². The highest BCUT2D eigenvalue weighted by molar-refractivity contribution is 7.13. The second-order valence-electron chi connectivity index (χ2n) is 4.24. The molecule has 2 aromatic rings. The minimum atomic E-state index is -5.17. The lowest BCUT2D eigenvalue weighted by Crippen LogP contribution is -2.34. The van der Waals surface area contributed by atoms with Crippen LogP contribution in [0.1, 0.15) is 15.9 Å². The normalized spacial score (nSPS) is 11.1. The number of nitrogens with one attached hydrogen (secondary N) is 1. The molecule has 116 valence electrons. The summed E-state index contributed by atoms with van der Waals surface area (Å²) in [6, 6.07) is 4.67. The van der Waals surface area contributed by atoms with Crippen molar-refractivity contribution in [2.75, 3.05) is 0 Å². The Hall–Kier alpha value is -2.42. The van der Waals surface area contributed by atoms with Crippen molar-refractivity contribution in [1.82, 2.24) is 10.5 Å². The zero-order chi connectivity index (χ0) is 16.3. The number of thiazole rings is 1. The Kier molecular flexibility index (Phi) is 4.45. The summed E-state index contributed by atoms with van der Waals surface area (Å²) in [6.07, 6.45) is -3.58. The fourth-order valence-corrected chi connectivity index (χ4v) is 2.24. The van der Waals surface area contributed by atoms with Crippen molar-refractivity contribution in [2.24, 2.45) is 0 Å². The molecule has 1 amide bonds. The molecule has 0 saturated heterocycles. The fraction of sp³-hybridized carbons (Fsp3) is 0.154. The summed E-state index contributed by atoms with van der Waals surface area (Å²) in [4.78, 5) is 30.1. The van der Waals surface area contributed by atoms with Crippen LogP contribution < -0.4 is 5.48 Å². The van der Waals surface area contributed by atoms with Gasteiger partial charge in [-0.3, -0.25) is 4.79 Å². The van der Waals surface area contributed by atoms with Gasteiger partial charge in [0.25, 0.3) is 5.91 Å². The maximum absolute atomic E-state index is 12.0. The highest BCUT2D eigenvalue weighted by Crippen LogP contribution is 2.24. The van der Waals surface area contributed by atoms with E-state index < -0.39 is 18.1 Å². The van der Waals surface area contributed by atoms with Gasteiger partial charge in [0.1, 0.15) is 5.01 Å². The minimum Gasteiger partial charge on any atom is -0.332 e. The second kappa shape index (κ2) is 6.14. The van der Waals surface area contributed by atoms with Crippen molar-refractivity contribution in [3.05, 3.63) is 40.9 Å². The molecule has 2 rings (SSSR count). The molecular weight excluding hydrogens is 321 g/mol. The number of hydrogen-bond acceptors (Lipinski definition) is 5. The number of carbonyl (C=O) groups excluding carboxylic acids is 2. The summed E-state index contributed by atoms with van der Waals surface area (Å²) < 4.78 is 36.0. The van der Waals surface area contributed by atoms with Gasteiger partial charge in [-0.25, -0.2) is 9.78 Å². The third-order valence-corrected chi connectivity index (χ3v) is 3.31. The van der Waals surface area contributed by atoms with E-state index in [1.165, 1.54) is 28.9 Å². The number of rotatable bonds is 2. The van der Waals surface area contributed by atoms with Crippen molar-refractivity contribution in [2.45, 2.75) is 13.1 Å². The Bertz CT molecular complexity index is 699. The molecule has 1 heterocycles. The number of amides is 1. The molecule has 0 aliphatic heterocycles. The summed E-state index contributed by atoms with van der Waals surface area (Å²) in [5.74, 6) is -3.45. The number of halogens is 3. The first-order chi connectivity index (χ1) is 10.3. The van der Waals surface area contributed by atoms with Gasteiger partial charge in [-0.05, 0) is 30.7 Å². The Morgan fingerprint density at radius 2 is 2.00 bits per heavy atom. The van der Waals surface area contributed by atoms with E-state index in [0.717, 1.165) is 0 Å². The molecule has 0 aliphatic rings. The van der Waals surface area contributed by atoms with E-state index in [1.54, 1.807) is 24.6 Å². The van der Waals surface area contributed by atoms with Crippen LogP contribution in [-0.2, 0) is 9.63 Å². The summed E-state index contributed by atoms with van der Waals surface area (Å²) in [5.41, 5.74) is 2.88. The zero-order valence-corrected chi connectivity index (χ0v) is 11.9. The van der Waals surface area contributed by atoms with Gasteiger partial charge in [0, 0.05) is 22.7 Å². The molecule has 9 heteroatoms. The summed E-state index contributed by atoms with van der Waals surface area (Å²) >= 11 is 1.35. The molecule has 1 aromatic carbocycles. The number of hydrogen-bond donors (Lipinski definition) is 1.